The molecule has 0 saturated carbocycles. The number of hydrogen-bond donors (Lipinski definition) is 1. The Morgan fingerprint density at radius 1 is 0.923 bits per heavy atom. The predicted octanol–water partition coefficient (Wildman–Crippen LogP) is 6.73. The van der Waals surface area contributed by atoms with Crippen molar-refractivity contribution >= 4 is 11.7 Å². The van der Waals surface area contributed by atoms with Crippen LogP contribution in [-0.2, 0) is 6.54 Å². The lowest BCUT2D eigenvalue weighted by Crippen LogP contribution is -2.38. The zero-order chi connectivity index (χ0) is 27.1. The van der Waals surface area contributed by atoms with Gasteiger partial charge in [0.15, 0.2) is 0 Å². The lowest BCUT2D eigenvalue weighted by atomic mass is 10.0. The van der Waals surface area contributed by atoms with Crippen molar-refractivity contribution in [2.45, 2.75) is 33.4 Å². The van der Waals surface area contributed by atoms with Gasteiger partial charge in [0.2, 0.25) is 0 Å². The number of carbonyl (C=O) groups excluding carboxylic acids is 1. The van der Waals surface area contributed by atoms with Crippen LogP contribution in [0, 0.1) is 20.8 Å². The minimum Gasteiger partial charge on any atom is -0.495 e. The standard InChI is InChI=1S/C32H31N5O2/c1-21-12-15-24(16-13-21)30-28-11-8-18-35(28)31-26(23(3)34-37(31)25-9-6-5-7-10-25)20-36(30)32(38)33-27-19-22(2)14-17-29(27)39-4/h5-19,30H,20H2,1-4H3,(H,33,38). The number of carbonyl (C=O) groups is 1. The minimum absolute atomic E-state index is 0.211. The second kappa shape index (κ2) is 9.83. The fraction of sp³-hybridized carbons (Fsp3) is 0.188. The van der Waals surface area contributed by atoms with E-state index in [4.69, 9.17) is 9.84 Å². The molecule has 0 radical (unpaired) electrons. The third-order valence-electron chi connectivity index (χ3n) is 7.34. The number of rotatable bonds is 4. The van der Waals surface area contributed by atoms with Gasteiger partial charge in [0.1, 0.15) is 11.6 Å². The van der Waals surface area contributed by atoms with Crippen LogP contribution in [0.15, 0.2) is 91.1 Å². The largest absolute Gasteiger partial charge is 0.495 e. The molecule has 0 bridgehead atoms. The number of urea groups is 1. The predicted molar refractivity (Wildman–Crippen MR) is 153 cm³/mol. The highest BCUT2D eigenvalue weighted by molar-refractivity contribution is 5.92. The van der Waals surface area contributed by atoms with E-state index in [2.05, 4.69) is 53.3 Å². The summed E-state index contributed by atoms with van der Waals surface area (Å²) in [5, 5.41) is 8.07. The van der Waals surface area contributed by atoms with Crippen LogP contribution >= 0.6 is 0 Å². The van der Waals surface area contributed by atoms with E-state index in [1.807, 2.05) is 78.0 Å². The third-order valence-corrected chi connectivity index (χ3v) is 7.34. The fourth-order valence-corrected chi connectivity index (χ4v) is 5.36. The fourth-order valence-electron chi connectivity index (χ4n) is 5.36. The Balaban J connectivity index is 1.53. The number of nitrogens with one attached hydrogen (secondary N) is 1. The van der Waals surface area contributed by atoms with E-state index in [9.17, 15) is 4.79 Å². The van der Waals surface area contributed by atoms with Gasteiger partial charge in [-0.2, -0.15) is 5.10 Å². The van der Waals surface area contributed by atoms with Crippen molar-refractivity contribution in [3.05, 3.63) is 125 Å². The Hall–Kier alpha value is -4.78. The zero-order valence-electron chi connectivity index (χ0n) is 22.6. The summed E-state index contributed by atoms with van der Waals surface area (Å²) in [6.45, 7) is 6.46. The topological polar surface area (TPSA) is 64.3 Å². The van der Waals surface area contributed by atoms with E-state index < -0.39 is 0 Å². The molecule has 0 aliphatic carbocycles. The molecule has 39 heavy (non-hydrogen) atoms. The number of para-hydroxylation sites is 1. The van der Waals surface area contributed by atoms with Gasteiger partial charge in [0, 0.05) is 11.8 Å². The molecule has 2 aromatic heterocycles. The van der Waals surface area contributed by atoms with Gasteiger partial charge in [-0.1, -0.05) is 54.1 Å². The number of hydrogen-bond acceptors (Lipinski definition) is 3. The van der Waals surface area contributed by atoms with E-state index >= 15 is 0 Å². The number of methoxy groups -OCH3 is 1. The van der Waals surface area contributed by atoms with Crippen molar-refractivity contribution < 1.29 is 9.53 Å². The first-order valence-corrected chi connectivity index (χ1v) is 13.0. The van der Waals surface area contributed by atoms with Gasteiger partial charge in [-0.05, 0) is 68.3 Å². The Labute approximate surface area is 228 Å². The lowest BCUT2D eigenvalue weighted by Gasteiger charge is -2.31. The molecule has 3 aromatic carbocycles. The quantitative estimate of drug-likeness (QED) is 0.287. The summed E-state index contributed by atoms with van der Waals surface area (Å²) in [6.07, 6.45) is 2.06. The molecule has 1 N–H and O–H groups in total. The molecule has 0 saturated heterocycles. The molecule has 0 spiro atoms. The van der Waals surface area contributed by atoms with Crippen LogP contribution < -0.4 is 10.1 Å². The molecule has 1 aliphatic heterocycles. The van der Waals surface area contributed by atoms with Crippen LogP contribution in [0.4, 0.5) is 10.5 Å². The molecule has 0 fully saturated rings. The number of fused-ring (bicyclic) bond motifs is 3. The van der Waals surface area contributed by atoms with Crippen LogP contribution in [0.1, 0.15) is 39.7 Å². The number of anilines is 1. The van der Waals surface area contributed by atoms with Crippen LogP contribution in [0.2, 0.25) is 0 Å². The van der Waals surface area contributed by atoms with Gasteiger partial charge in [0.05, 0.1) is 42.5 Å². The number of nitrogens with zero attached hydrogens (tertiary/aromatic N) is 4. The minimum atomic E-state index is -0.326. The number of ether oxygens (including phenoxy) is 1. The van der Waals surface area contributed by atoms with E-state index in [0.717, 1.165) is 39.6 Å². The zero-order valence-corrected chi connectivity index (χ0v) is 22.6. The molecule has 6 rings (SSSR count). The molecule has 7 nitrogen and oxygen atoms in total. The maximum atomic E-state index is 14.2. The highest BCUT2D eigenvalue weighted by Crippen LogP contribution is 2.39. The van der Waals surface area contributed by atoms with Crippen molar-refractivity contribution in [1.29, 1.82) is 0 Å². The molecule has 5 aromatic rings. The van der Waals surface area contributed by atoms with Crippen LogP contribution in [0.5, 0.6) is 5.75 Å². The van der Waals surface area contributed by atoms with Crippen molar-refractivity contribution in [2.75, 3.05) is 12.4 Å². The van der Waals surface area contributed by atoms with Gasteiger partial charge >= 0.3 is 6.03 Å². The Bertz CT molecular complexity index is 1650. The first-order chi connectivity index (χ1) is 18.9. The second-order valence-corrected chi connectivity index (χ2v) is 10.0. The molecule has 1 atom stereocenters. The van der Waals surface area contributed by atoms with E-state index in [1.54, 1.807) is 7.11 Å². The highest BCUT2D eigenvalue weighted by atomic mass is 16.5. The van der Waals surface area contributed by atoms with Gasteiger partial charge in [-0.25, -0.2) is 9.48 Å². The maximum absolute atomic E-state index is 14.2. The summed E-state index contributed by atoms with van der Waals surface area (Å²) in [5.41, 5.74) is 7.71. The molecular weight excluding hydrogens is 486 g/mol. The molecular formula is C32H31N5O2. The van der Waals surface area contributed by atoms with Gasteiger partial charge in [-0.3, -0.25) is 0 Å². The maximum Gasteiger partial charge on any atom is 0.323 e. The summed E-state index contributed by atoms with van der Waals surface area (Å²) in [7, 11) is 1.61. The number of benzene rings is 3. The monoisotopic (exact) mass is 517 g/mol. The Morgan fingerprint density at radius 2 is 1.67 bits per heavy atom. The van der Waals surface area contributed by atoms with E-state index in [0.29, 0.717) is 18.0 Å². The van der Waals surface area contributed by atoms with Crippen molar-refractivity contribution in [3.63, 3.8) is 0 Å². The second-order valence-electron chi connectivity index (χ2n) is 10.0. The van der Waals surface area contributed by atoms with Crippen molar-refractivity contribution in [2.24, 2.45) is 0 Å². The normalized spacial score (nSPS) is 14.4. The number of aryl methyl sites for hydroxylation is 3. The first kappa shape index (κ1) is 24.6. The summed E-state index contributed by atoms with van der Waals surface area (Å²) < 4.78 is 9.71. The number of amides is 2. The average molecular weight is 518 g/mol. The van der Waals surface area contributed by atoms with E-state index in [-0.39, 0.29) is 12.1 Å². The average Bonchev–Trinajstić information content (AvgIpc) is 3.50. The SMILES string of the molecule is COc1ccc(C)cc1NC(=O)N1Cc2c(C)nn(-c3ccccc3)c2-n2cccc2C1c1ccc(C)cc1. The summed E-state index contributed by atoms with van der Waals surface area (Å²) in [6, 6.07) is 27.9. The summed E-state index contributed by atoms with van der Waals surface area (Å²) in [4.78, 5) is 16.1. The van der Waals surface area contributed by atoms with Gasteiger partial charge in [0.25, 0.3) is 0 Å². The van der Waals surface area contributed by atoms with Gasteiger partial charge < -0.3 is 19.5 Å². The third kappa shape index (κ3) is 4.36. The molecule has 196 valence electrons. The molecule has 1 aliphatic rings. The van der Waals surface area contributed by atoms with E-state index in [1.165, 1.54) is 5.56 Å². The molecule has 3 heterocycles. The smallest absolute Gasteiger partial charge is 0.323 e. The van der Waals surface area contributed by atoms with Crippen LogP contribution in [0.3, 0.4) is 0 Å². The summed E-state index contributed by atoms with van der Waals surface area (Å²) >= 11 is 0. The highest BCUT2D eigenvalue weighted by Gasteiger charge is 2.36. The van der Waals surface area contributed by atoms with Gasteiger partial charge in [-0.15, -0.1) is 0 Å². The Morgan fingerprint density at radius 3 is 2.41 bits per heavy atom. The Kier molecular flexibility index (Phi) is 6.19. The number of aromatic nitrogens is 3. The van der Waals surface area contributed by atoms with Crippen molar-refractivity contribution in [3.8, 4) is 17.3 Å². The van der Waals surface area contributed by atoms with Crippen LogP contribution in [0.25, 0.3) is 11.5 Å². The van der Waals surface area contributed by atoms with Crippen LogP contribution in [-0.4, -0.2) is 32.4 Å². The lowest BCUT2D eigenvalue weighted by molar-refractivity contribution is 0.194. The molecule has 2 amide bonds. The molecule has 1 unspecified atom stereocenters. The first-order valence-electron chi connectivity index (χ1n) is 13.0. The van der Waals surface area contributed by atoms with Crippen molar-refractivity contribution in [1.82, 2.24) is 19.2 Å². The molecule has 7 heteroatoms. The summed E-state index contributed by atoms with van der Waals surface area (Å²) in [5.74, 6) is 1.56.